The zero-order chi connectivity index (χ0) is 22.6. The van der Waals surface area contributed by atoms with Gasteiger partial charge in [0.05, 0.1) is 10.6 Å². The molecule has 4 nitrogen and oxygen atoms in total. The first kappa shape index (κ1) is 23.4. The maximum Gasteiger partial charge on any atom is 0.416 e. The lowest BCUT2D eigenvalue weighted by molar-refractivity contribution is -0.137. The van der Waals surface area contributed by atoms with Crippen LogP contribution >= 0.6 is 11.6 Å². The average Bonchev–Trinajstić information content (AvgIpc) is 2.71. The van der Waals surface area contributed by atoms with Gasteiger partial charge in [-0.1, -0.05) is 35.9 Å². The van der Waals surface area contributed by atoms with Gasteiger partial charge >= 0.3 is 6.18 Å². The van der Waals surface area contributed by atoms with E-state index >= 15 is 0 Å². The molecule has 0 spiro atoms. The number of carbonyl (C=O) groups excluding carboxylic acids is 1. The molecule has 1 atom stereocenters. The number of aryl methyl sites for hydroxylation is 1. The number of ether oxygens (including phenoxy) is 1. The third-order valence-corrected chi connectivity index (χ3v) is 5.67. The Kier molecular flexibility index (Phi) is 7.49. The molecule has 2 aromatic rings. The number of alkyl halides is 3. The molecule has 1 N–H and O–H groups in total. The van der Waals surface area contributed by atoms with Crippen LogP contribution in [0, 0.1) is 6.92 Å². The smallest absolute Gasteiger partial charge is 0.416 e. The quantitative estimate of drug-likeness (QED) is 0.651. The number of piperidine rings is 1. The highest BCUT2D eigenvalue weighted by molar-refractivity contribution is 6.32. The molecule has 168 valence electrons. The monoisotopic (exact) mass is 454 g/mol. The van der Waals surface area contributed by atoms with Gasteiger partial charge in [0.15, 0.2) is 6.10 Å². The minimum atomic E-state index is -4.34. The maximum atomic E-state index is 12.9. The van der Waals surface area contributed by atoms with Gasteiger partial charge in [-0.25, -0.2) is 0 Å². The lowest BCUT2D eigenvalue weighted by Gasteiger charge is -2.33. The summed E-state index contributed by atoms with van der Waals surface area (Å²) in [5.41, 5.74) is 0.990. The first-order chi connectivity index (χ1) is 14.6. The van der Waals surface area contributed by atoms with Crippen LogP contribution in [0.5, 0.6) is 5.75 Å². The van der Waals surface area contributed by atoms with E-state index in [4.69, 9.17) is 16.3 Å². The van der Waals surface area contributed by atoms with Crippen molar-refractivity contribution in [2.75, 3.05) is 13.1 Å². The van der Waals surface area contributed by atoms with E-state index in [9.17, 15) is 18.0 Å². The molecular weight excluding hydrogens is 429 g/mol. The van der Waals surface area contributed by atoms with Crippen LogP contribution in [0.3, 0.4) is 0 Å². The summed E-state index contributed by atoms with van der Waals surface area (Å²) < 4.78 is 44.4. The number of nitrogens with one attached hydrogen (secondary N) is 1. The minimum Gasteiger partial charge on any atom is -0.479 e. The van der Waals surface area contributed by atoms with Gasteiger partial charge in [0, 0.05) is 25.7 Å². The van der Waals surface area contributed by atoms with Gasteiger partial charge in [-0.15, -0.1) is 0 Å². The third kappa shape index (κ3) is 6.61. The minimum absolute atomic E-state index is 0.00397. The van der Waals surface area contributed by atoms with E-state index in [0.717, 1.165) is 24.5 Å². The lowest BCUT2D eigenvalue weighted by Crippen LogP contribution is -2.47. The first-order valence-corrected chi connectivity index (χ1v) is 10.6. The number of amides is 1. The molecule has 31 heavy (non-hydrogen) atoms. The van der Waals surface area contributed by atoms with Gasteiger partial charge in [-0.2, -0.15) is 13.2 Å². The van der Waals surface area contributed by atoms with E-state index < -0.39 is 17.8 Å². The van der Waals surface area contributed by atoms with Crippen LogP contribution in [0.15, 0.2) is 42.5 Å². The largest absolute Gasteiger partial charge is 0.479 e. The SMILES string of the molecule is Cc1ccc(Cl)c(OC(C)C(=O)NC2CCN(Cc3cccc(C(F)(F)F)c3)CC2)c1. The lowest BCUT2D eigenvalue weighted by atomic mass is 10.0. The Morgan fingerprint density at radius 2 is 1.94 bits per heavy atom. The molecule has 0 bridgehead atoms. The zero-order valence-electron chi connectivity index (χ0n) is 17.5. The number of likely N-dealkylation sites (tertiary alicyclic amines) is 1. The van der Waals surface area contributed by atoms with Crippen LogP contribution in [0.25, 0.3) is 0 Å². The highest BCUT2D eigenvalue weighted by atomic mass is 35.5. The summed E-state index contributed by atoms with van der Waals surface area (Å²) in [4.78, 5) is 14.6. The predicted molar refractivity (Wildman–Crippen MR) is 114 cm³/mol. The second kappa shape index (κ2) is 9.92. The molecule has 1 aliphatic heterocycles. The molecule has 8 heteroatoms. The van der Waals surface area contributed by atoms with Crippen LogP contribution < -0.4 is 10.1 Å². The molecule has 2 aromatic carbocycles. The summed E-state index contributed by atoms with van der Waals surface area (Å²) in [5, 5.41) is 3.46. The molecule has 1 fully saturated rings. The summed E-state index contributed by atoms with van der Waals surface area (Å²) in [7, 11) is 0. The summed E-state index contributed by atoms with van der Waals surface area (Å²) in [5.74, 6) is 0.258. The van der Waals surface area contributed by atoms with E-state index in [1.54, 1.807) is 25.1 Å². The van der Waals surface area contributed by atoms with E-state index in [2.05, 4.69) is 10.2 Å². The van der Waals surface area contributed by atoms with Crippen LogP contribution in [0.4, 0.5) is 13.2 Å². The van der Waals surface area contributed by atoms with Crippen molar-refractivity contribution in [2.24, 2.45) is 0 Å². The Morgan fingerprint density at radius 1 is 1.23 bits per heavy atom. The average molecular weight is 455 g/mol. The molecule has 0 saturated carbocycles. The Morgan fingerprint density at radius 3 is 2.61 bits per heavy atom. The molecule has 1 unspecified atom stereocenters. The third-order valence-electron chi connectivity index (χ3n) is 5.35. The number of halogens is 4. The Balaban J connectivity index is 1.47. The Labute approximate surface area is 185 Å². The second-order valence-corrected chi connectivity index (χ2v) is 8.36. The predicted octanol–water partition coefficient (Wildman–Crippen LogP) is 5.22. The van der Waals surface area contributed by atoms with Crippen molar-refractivity contribution in [2.45, 2.75) is 51.6 Å². The van der Waals surface area contributed by atoms with Crippen molar-refractivity contribution in [3.63, 3.8) is 0 Å². The maximum absolute atomic E-state index is 12.9. The fraction of sp³-hybridized carbons (Fsp3) is 0.435. The van der Waals surface area contributed by atoms with Gasteiger partial charge in [-0.05, 0) is 56.0 Å². The molecule has 1 aliphatic rings. The molecule has 0 radical (unpaired) electrons. The van der Waals surface area contributed by atoms with E-state index in [1.807, 2.05) is 13.0 Å². The van der Waals surface area contributed by atoms with Gasteiger partial charge in [0.1, 0.15) is 5.75 Å². The summed E-state index contributed by atoms with van der Waals surface area (Å²) in [6.45, 7) is 5.44. The van der Waals surface area contributed by atoms with Gasteiger partial charge in [-0.3, -0.25) is 9.69 Å². The van der Waals surface area contributed by atoms with Crippen molar-refractivity contribution >= 4 is 17.5 Å². The van der Waals surface area contributed by atoms with Crippen molar-refractivity contribution in [1.82, 2.24) is 10.2 Å². The van der Waals surface area contributed by atoms with E-state index in [1.165, 1.54) is 12.1 Å². The van der Waals surface area contributed by atoms with Crippen molar-refractivity contribution in [3.8, 4) is 5.75 Å². The second-order valence-electron chi connectivity index (χ2n) is 7.95. The zero-order valence-corrected chi connectivity index (χ0v) is 18.3. The highest BCUT2D eigenvalue weighted by Gasteiger charge is 2.30. The van der Waals surface area contributed by atoms with E-state index in [0.29, 0.717) is 36.0 Å². The molecule has 0 aliphatic carbocycles. The topological polar surface area (TPSA) is 41.6 Å². The van der Waals surface area contributed by atoms with Crippen molar-refractivity contribution in [3.05, 3.63) is 64.2 Å². The van der Waals surface area contributed by atoms with Gasteiger partial charge < -0.3 is 10.1 Å². The Bertz CT molecular complexity index is 912. The molecular formula is C23H26ClF3N2O2. The number of hydrogen-bond donors (Lipinski definition) is 1. The van der Waals surface area contributed by atoms with Crippen LogP contribution in [0.1, 0.15) is 36.5 Å². The number of carbonyl (C=O) groups is 1. The highest BCUT2D eigenvalue weighted by Crippen LogP contribution is 2.30. The first-order valence-electron chi connectivity index (χ1n) is 10.2. The molecule has 0 aromatic heterocycles. The molecule has 1 saturated heterocycles. The van der Waals surface area contributed by atoms with Crippen LogP contribution in [-0.4, -0.2) is 36.0 Å². The van der Waals surface area contributed by atoms with Crippen molar-refractivity contribution in [1.29, 1.82) is 0 Å². The van der Waals surface area contributed by atoms with E-state index in [-0.39, 0.29) is 11.9 Å². The number of hydrogen-bond acceptors (Lipinski definition) is 3. The Hall–Kier alpha value is -2.25. The number of benzene rings is 2. The van der Waals surface area contributed by atoms with Gasteiger partial charge in [0.25, 0.3) is 5.91 Å². The number of rotatable bonds is 6. The summed E-state index contributed by atoms with van der Waals surface area (Å²) in [6, 6.07) is 10.8. The normalized spacial score (nSPS) is 16.7. The molecule has 1 heterocycles. The van der Waals surface area contributed by atoms with Crippen LogP contribution in [0.2, 0.25) is 5.02 Å². The summed E-state index contributed by atoms with van der Waals surface area (Å²) >= 11 is 6.13. The van der Waals surface area contributed by atoms with Crippen molar-refractivity contribution < 1.29 is 22.7 Å². The fourth-order valence-electron chi connectivity index (χ4n) is 3.60. The molecule has 3 rings (SSSR count). The number of nitrogens with zero attached hydrogens (tertiary/aromatic N) is 1. The standard InChI is InChI=1S/C23H26ClF3N2O2/c1-15-6-7-20(24)21(12-15)31-16(2)22(30)28-19-8-10-29(11-9-19)14-17-4-3-5-18(13-17)23(25,26)27/h3-7,12-13,16,19H,8-11,14H2,1-2H3,(H,28,30). The molecule has 1 amide bonds. The van der Waals surface area contributed by atoms with Gasteiger partial charge in [0.2, 0.25) is 0 Å². The fourth-order valence-corrected chi connectivity index (χ4v) is 3.77. The summed E-state index contributed by atoms with van der Waals surface area (Å²) in [6.07, 6.45) is -3.58. The van der Waals surface area contributed by atoms with Crippen LogP contribution in [-0.2, 0) is 17.5 Å².